The molecule has 0 aromatic heterocycles. The summed E-state index contributed by atoms with van der Waals surface area (Å²) >= 11 is 6.30. The molecule has 6 nitrogen and oxygen atoms in total. The summed E-state index contributed by atoms with van der Waals surface area (Å²) in [5.41, 5.74) is 0.413. The van der Waals surface area contributed by atoms with Crippen LogP contribution in [-0.2, 0) is 4.79 Å². The van der Waals surface area contributed by atoms with Crippen molar-refractivity contribution in [3.63, 3.8) is 0 Å². The summed E-state index contributed by atoms with van der Waals surface area (Å²) in [6, 6.07) is 4.23. The molecule has 1 heterocycles. The smallest absolute Gasteiger partial charge is 0.270 e. The standard InChI is InChI=1S/C13H12N2O4S2/c1-3-14-12(16)11(21-13(14)20)7-8-6-9(15(17)18)4-5-10(8)19-2/h4-7H,3H2,1-2H3/b11-7-. The fourth-order valence-electron chi connectivity index (χ4n) is 1.86. The van der Waals surface area contributed by atoms with Crippen molar-refractivity contribution in [3.05, 3.63) is 38.8 Å². The van der Waals surface area contributed by atoms with Gasteiger partial charge in [-0.1, -0.05) is 24.0 Å². The molecule has 1 aliphatic rings. The van der Waals surface area contributed by atoms with Gasteiger partial charge < -0.3 is 4.74 Å². The van der Waals surface area contributed by atoms with Crippen LogP contribution in [0.1, 0.15) is 12.5 Å². The highest BCUT2D eigenvalue weighted by Gasteiger charge is 2.31. The first-order chi connectivity index (χ1) is 9.97. The number of thiocarbonyl (C=S) groups is 1. The molecule has 1 fully saturated rings. The molecule has 0 saturated carbocycles. The maximum atomic E-state index is 12.1. The Morgan fingerprint density at radius 2 is 2.24 bits per heavy atom. The molecule has 8 heteroatoms. The largest absolute Gasteiger partial charge is 0.496 e. The van der Waals surface area contributed by atoms with Crippen LogP contribution in [0, 0.1) is 10.1 Å². The molecular weight excluding hydrogens is 312 g/mol. The summed E-state index contributed by atoms with van der Waals surface area (Å²) < 4.78 is 5.66. The second kappa shape index (κ2) is 6.23. The van der Waals surface area contributed by atoms with Gasteiger partial charge in [-0.3, -0.25) is 19.8 Å². The fraction of sp³-hybridized carbons (Fsp3) is 0.231. The monoisotopic (exact) mass is 324 g/mol. The van der Waals surface area contributed by atoms with E-state index in [4.69, 9.17) is 17.0 Å². The van der Waals surface area contributed by atoms with Crippen LogP contribution >= 0.6 is 24.0 Å². The Morgan fingerprint density at radius 3 is 2.76 bits per heavy atom. The molecule has 0 spiro atoms. The number of carbonyl (C=O) groups excluding carboxylic acids is 1. The van der Waals surface area contributed by atoms with E-state index in [1.165, 1.54) is 42.0 Å². The average molecular weight is 324 g/mol. The first kappa shape index (κ1) is 15.5. The third-order valence-corrected chi connectivity index (χ3v) is 4.28. The Bertz CT molecular complexity index is 658. The molecule has 1 amide bonds. The van der Waals surface area contributed by atoms with Crippen LogP contribution in [0.3, 0.4) is 0 Å². The van der Waals surface area contributed by atoms with Crippen molar-refractivity contribution < 1.29 is 14.5 Å². The molecule has 0 unspecified atom stereocenters. The number of nitro benzene ring substituents is 1. The highest BCUT2D eigenvalue weighted by Crippen LogP contribution is 2.35. The van der Waals surface area contributed by atoms with Crippen LogP contribution in [-0.4, -0.2) is 33.7 Å². The lowest BCUT2D eigenvalue weighted by atomic mass is 10.1. The predicted octanol–water partition coefficient (Wildman–Crippen LogP) is 2.82. The van der Waals surface area contributed by atoms with Gasteiger partial charge in [0.1, 0.15) is 10.1 Å². The molecule has 0 atom stereocenters. The van der Waals surface area contributed by atoms with Crippen molar-refractivity contribution in [1.29, 1.82) is 0 Å². The van der Waals surface area contributed by atoms with E-state index in [9.17, 15) is 14.9 Å². The maximum absolute atomic E-state index is 12.1. The van der Waals surface area contributed by atoms with Crippen LogP contribution in [0.25, 0.3) is 6.08 Å². The van der Waals surface area contributed by atoms with Crippen LogP contribution in [0.2, 0.25) is 0 Å². The number of thioether (sulfide) groups is 1. The quantitative estimate of drug-likeness (QED) is 0.367. The molecule has 0 bridgehead atoms. The zero-order chi connectivity index (χ0) is 15.6. The number of benzene rings is 1. The summed E-state index contributed by atoms with van der Waals surface area (Å²) in [5, 5.41) is 10.8. The van der Waals surface area contributed by atoms with Crippen molar-refractivity contribution in [2.45, 2.75) is 6.92 Å². The van der Waals surface area contributed by atoms with Crippen LogP contribution in [0.5, 0.6) is 5.75 Å². The van der Waals surface area contributed by atoms with E-state index < -0.39 is 4.92 Å². The molecular formula is C13H12N2O4S2. The van der Waals surface area contributed by atoms with Gasteiger partial charge in [-0.25, -0.2) is 0 Å². The lowest BCUT2D eigenvalue weighted by Crippen LogP contribution is -2.27. The summed E-state index contributed by atoms with van der Waals surface area (Å²) in [6.45, 7) is 2.33. The number of hydrogen-bond acceptors (Lipinski definition) is 6. The Hall–Kier alpha value is -1.93. The van der Waals surface area contributed by atoms with Gasteiger partial charge in [-0.2, -0.15) is 0 Å². The Morgan fingerprint density at radius 1 is 1.52 bits per heavy atom. The molecule has 2 rings (SSSR count). The zero-order valence-electron chi connectivity index (χ0n) is 11.4. The lowest BCUT2D eigenvalue weighted by Gasteiger charge is -2.09. The minimum atomic E-state index is -0.492. The van der Waals surface area contributed by atoms with Crippen molar-refractivity contribution in [3.8, 4) is 5.75 Å². The van der Waals surface area contributed by atoms with Crippen molar-refractivity contribution >= 4 is 46.0 Å². The second-order valence-corrected chi connectivity index (χ2v) is 5.79. The number of carbonyl (C=O) groups is 1. The van der Waals surface area contributed by atoms with E-state index in [1.807, 2.05) is 6.92 Å². The summed E-state index contributed by atoms with van der Waals surface area (Å²) in [7, 11) is 1.47. The van der Waals surface area contributed by atoms with E-state index in [0.29, 0.717) is 27.1 Å². The Kier molecular flexibility index (Phi) is 4.59. The summed E-state index contributed by atoms with van der Waals surface area (Å²) in [5.74, 6) is 0.267. The van der Waals surface area contributed by atoms with Crippen molar-refractivity contribution in [2.24, 2.45) is 0 Å². The molecule has 1 aromatic carbocycles. The first-order valence-electron chi connectivity index (χ1n) is 6.05. The number of ether oxygens (including phenoxy) is 1. The number of nitro groups is 1. The van der Waals surface area contributed by atoms with Gasteiger partial charge >= 0.3 is 0 Å². The van der Waals surface area contributed by atoms with Gasteiger partial charge in [0.05, 0.1) is 16.9 Å². The second-order valence-electron chi connectivity index (χ2n) is 4.11. The fourth-order valence-corrected chi connectivity index (χ4v) is 3.24. The Balaban J connectivity index is 2.45. The van der Waals surface area contributed by atoms with Crippen LogP contribution < -0.4 is 4.74 Å². The number of amides is 1. The summed E-state index contributed by atoms with van der Waals surface area (Å²) in [6.07, 6.45) is 1.57. The maximum Gasteiger partial charge on any atom is 0.270 e. The van der Waals surface area contributed by atoms with Gasteiger partial charge in [0, 0.05) is 24.2 Å². The van der Waals surface area contributed by atoms with E-state index in [2.05, 4.69) is 0 Å². The number of methoxy groups -OCH3 is 1. The van der Waals surface area contributed by atoms with Crippen molar-refractivity contribution in [1.82, 2.24) is 4.90 Å². The molecule has 0 aliphatic carbocycles. The number of nitrogens with zero attached hydrogens (tertiary/aromatic N) is 2. The molecule has 0 radical (unpaired) electrons. The molecule has 110 valence electrons. The van der Waals surface area contributed by atoms with E-state index in [0.717, 1.165) is 0 Å². The molecule has 0 N–H and O–H groups in total. The number of likely N-dealkylation sites (N-methyl/N-ethyl adjacent to an activating group) is 1. The van der Waals surface area contributed by atoms with Gasteiger partial charge in [0.25, 0.3) is 11.6 Å². The van der Waals surface area contributed by atoms with Gasteiger partial charge in [-0.05, 0) is 19.1 Å². The third-order valence-electron chi connectivity index (χ3n) is 2.90. The molecule has 21 heavy (non-hydrogen) atoms. The number of rotatable bonds is 4. The minimum Gasteiger partial charge on any atom is -0.496 e. The van der Waals surface area contributed by atoms with Gasteiger partial charge in [0.15, 0.2) is 0 Å². The van der Waals surface area contributed by atoms with Crippen LogP contribution in [0.4, 0.5) is 5.69 Å². The first-order valence-corrected chi connectivity index (χ1v) is 7.28. The topological polar surface area (TPSA) is 72.7 Å². The van der Waals surface area contributed by atoms with Crippen molar-refractivity contribution in [2.75, 3.05) is 13.7 Å². The molecule has 1 aliphatic heterocycles. The average Bonchev–Trinajstić information content (AvgIpc) is 2.72. The minimum absolute atomic E-state index is 0.0620. The Labute approximate surface area is 130 Å². The summed E-state index contributed by atoms with van der Waals surface area (Å²) in [4.78, 5) is 24.4. The lowest BCUT2D eigenvalue weighted by molar-refractivity contribution is -0.384. The van der Waals surface area contributed by atoms with Gasteiger partial charge in [0.2, 0.25) is 0 Å². The predicted molar refractivity (Wildman–Crippen MR) is 85.2 cm³/mol. The third kappa shape index (κ3) is 3.06. The highest BCUT2D eigenvalue weighted by molar-refractivity contribution is 8.26. The number of hydrogen-bond donors (Lipinski definition) is 0. The number of non-ortho nitro benzene ring substituents is 1. The van der Waals surface area contributed by atoms with E-state index in [1.54, 1.807) is 6.08 Å². The normalized spacial score (nSPS) is 16.7. The molecule has 1 aromatic rings. The van der Waals surface area contributed by atoms with E-state index in [-0.39, 0.29) is 11.6 Å². The SMILES string of the molecule is CCN1C(=O)/C(=C/c2cc([N+](=O)[O-])ccc2OC)SC1=S. The van der Waals surface area contributed by atoms with Crippen LogP contribution in [0.15, 0.2) is 23.1 Å². The van der Waals surface area contributed by atoms with E-state index >= 15 is 0 Å². The highest BCUT2D eigenvalue weighted by atomic mass is 32.2. The van der Waals surface area contributed by atoms with Gasteiger partial charge in [-0.15, -0.1) is 0 Å². The zero-order valence-corrected chi connectivity index (χ0v) is 13.0. The molecule has 1 saturated heterocycles.